The molecule has 0 unspecified atom stereocenters. The van der Waals surface area contributed by atoms with Gasteiger partial charge < -0.3 is 4.74 Å². The second kappa shape index (κ2) is 7.72. The summed E-state index contributed by atoms with van der Waals surface area (Å²) in [5.74, 6) is 1.93. The van der Waals surface area contributed by atoms with Crippen molar-refractivity contribution in [2.45, 2.75) is 45.6 Å². The zero-order valence-corrected chi connectivity index (χ0v) is 17.4. The fraction of sp³-hybridized carbons (Fsp3) is 0.364. The Morgan fingerprint density at radius 2 is 2.00 bits per heavy atom. The highest BCUT2D eigenvalue weighted by atomic mass is 35.5. The Hall–Kier alpha value is -2.93. The van der Waals surface area contributed by atoms with Gasteiger partial charge in [-0.1, -0.05) is 43.5 Å². The molecule has 0 spiro atoms. The van der Waals surface area contributed by atoms with Gasteiger partial charge >= 0.3 is 11.6 Å². The third-order valence-electron chi connectivity index (χ3n) is 5.55. The van der Waals surface area contributed by atoms with Gasteiger partial charge in [0.25, 0.3) is 0 Å². The van der Waals surface area contributed by atoms with E-state index in [4.69, 9.17) is 21.3 Å². The molecule has 1 fully saturated rings. The van der Waals surface area contributed by atoms with E-state index in [0.717, 1.165) is 30.5 Å². The van der Waals surface area contributed by atoms with Gasteiger partial charge in [0, 0.05) is 23.9 Å². The Morgan fingerprint density at radius 3 is 2.80 bits per heavy atom. The fourth-order valence-corrected chi connectivity index (χ4v) is 4.31. The number of nitrogens with zero attached hydrogens (tertiary/aromatic N) is 5. The summed E-state index contributed by atoms with van der Waals surface area (Å²) in [6.45, 7) is 2.66. The number of halogens is 1. The highest BCUT2D eigenvalue weighted by molar-refractivity contribution is 6.35. The number of rotatable bonds is 5. The summed E-state index contributed by atoms with van der Waals surface area (Å²) in [5, 5.41) is 5.99. The predicted octanol–water partition coefficient (Wildman–Crippen LogP) is 5.12. The van der Waals surface area contributed by atoms with Gasteiger partial charge in [0.15, 0.2) is 11.5 Å². The normalized spacial score (nSPS) is 15.9. The maximum atomic E-state index is 12.7. The van der Waals surface area contributed by atoms with E-state index in [-0.39, 0.29) is 6.01 Å². The van der Waals surface area contributed by atoms with Crippen molar-refractivity contribution in [1.82, 2.24) is 19.9 Å². The van der Waals surface area contributed by atoms with Crippen LogP contribution in [0, 0.1) is 5.92 Å². The van der Waals surface area contributed by atoms with Gasteiger partial charge in [0.1, 0.15) is 5.84 Å². The summed E-state index contributed by atoms with van der Waals surface area (Å²) in [5.41, 5.74) is 0.522. The summed E-state index contributed by atoms with van der Waals surface area (Å²) >= 11 is 6.27. The summed E-state index contributed by atoms with van der Waals surface area (Å²) in [6.07, 6.45) is 5.32. The third-order valence-corrected chi connectivity index (χ3v) is 5.86. The topological polar surface area (TPSA) is 83.5 Å². The highest BCUT2D eigenvalue weighted by Gasteiger charge is 2.31. The standard InChI is InChI=1S/C22H21ClN5O2/c1-2-12-28-20-18(25-19(26-20)14-6-3-4-7-14)21(29)27-22(28)30-16-11-10-13-8-5-9-15(23)17(13)24-16/h5,8-11,14H,2-4,6-7,12H2,1H3. The minimum atomic E-state index is -0.428. The lowest BCUT2D eigenvalue weighted by Crippen LogP contribution is -2.21. The van der Waals surface area contributed by atoms with Crippen molar-refractivity contribution in [2.24, 2.45) is 10.9 Å². The molecule has 0 N–H and O–H groups in total. The maximum absolute atomic E-state index is 12.7. The van der Waals surface area contributed by atoms with Crippen LogP contribution in [0.15, 0.2) is 40.1 Å². The largest absolute Gasteiger partial charge is 0.406 e. The zero-order valence-electron chi connectivity index (χ0n) is 16.6. The van der Waals surface area contributed by atoms with Crippen LogP contribution < -0.4 is 15.6 Å². The Balaban J connectivity index is 1.56. The second-order valence-corrected chi connectivity index (χ2v) is 8.06. The average molecular weight is 423 g/mol. The molecule has 0 saturated heterocycles. The number of fused-ring (bicyclic) bond motifs is 2. The number of ether oxygens (including phenoxy) is 1. The van der Waals surface area contributed by atoms with E-state index in [0.29, 0.717) is 40.4 Å². The minimum absolute atomic E-state index is 0.172. The second-order valence-electron chi connectivity index (χ2n) is 7.65. The molecular weight excluding hydrogens is 402 g/mol. The molecule has 5 rings (SSSR count). The number of hydrogen-bond acceptors (Lipinski definition) is 5. The predicted molar refractivity (Wildman–Crippen MR) is 116 cm³/mol. The van der Waals surface area contributed by atoms with Crippen LogP contribution in [0.5, 0.6) is 11.9 Å². The number of hydrogen-bond donors (Lipinski definition) is 0. The molecule has 1 saturated carbocycles. The van der Waals surface area contributed by atoms with Crippen molar-refractivity contribution in [3.05, 3.63) is 45.7 Å². The van der Waals surface area contributed by atoms with Crippen LogP contribution in [-0.4, -0.2) is 20.4 Å². The number of aliphatic imine (C=N–C) groups is 1. The van der Waals surface area contributed by atoms with Crippen LogP contribution in [0.4, 0.5) is 11.5 Å². The van der Waals surface area contributed by atoms with Gasteiger partial charge in [-0.3, -0.25) is 9.36 Å². The molecule has 8 heteroatoms. The lowest BCUT2D eigenvalue weighted by molar-refractivity contribution is 0.389. The van der Waals surface area contributed by atoms with Crippen molar-refractivity contribution >= 4 is 39.8 Å². The first kappa shape index (κ1) is 19.1. The molecule has 0 amide bonds. The summed E-state index contributed by atoms with van der Waals surface area (Å²) in [6, 6.07) is 9.38. The molecule has 0 bridgehead atoms. The summed E-state index contributed by atoms with van der Waals surface area (Å²) in [7, 11) is 0. The first-order valence-electron chi connectivity index (χ1n) is 10.3. The Kier molecular flexibility index (Phi) is 4.90. The van der Waals surface area contributed by atoms with Gasteiger partial charge in [-0.25, -0.2) is 15.3 Å². The van der Waals surface area contributed by atoms with Gasteiger partial charge in [-0.05, 0) is 31.4 Å². The Bertz CT molecular complexity index is 1210. The van der Waals surface area contributed by atoms with E-state index in [1.807, 2.05) is 22.8 Å². The van der Waals surface area contributed by atoms with Gasteiger partial charge in [0.05, 0.1) is 10.5 Å². The summed E-state index contributed by atoms with van der Waals surface area (Å²) < 4.78 is 7.78. The van der Waals surface area contributed by atoms with E-state index >= 15 is 0 Å². The number of pyridine rings is 1. The number of para-hydroxylation sites is 1. The monoisotopic (exact) mass is 422 g/mol. The molecule has 3 heterocycles. The average Bonchev–Trinajstić information content (AvgIpc) is 3.42. The van der Waals surface area contributed by atoms with Crippen molar-refractivity contribution in [3.8, 4) is 11.9 Å². The van der Waals surface area contributed by atoms with Crippen LogP contribution in [-0.2, 0) is 6.54 Å². The molecule has 30 heavy (non-hydrogen) atoms. The van der Waals surface area contributed by atoms with Crippen LogP contribution >= 0.6 is 11.6 Å². The lowest BCUT2D eigenvalue weighted by Gasteiger charge is -2.14. The molecular formula is C22H21ClN5O2. The molecule has 153 valence electrons. The van der Waals surface area contributed by atoms with Gasteiger partial charge in [0.2, 0.25) is 5.88 Å². The van der Waals surface area contributed by atoms with Crippen LogP contribution in [0.3, 0.4) is 0 Å². The highest BCUT2D eigenvalue weighted by Crippen LogP contribution is 2.36. The quantitative estimate of drug-likeness (QED) is 0.571. The van der Waals surface area contributed by atoms with E-state index < -0.39 is 5.56 Å². The van der Waals surface area contributed by atoms with E-state index in [9.17, 15) is 4.79 Å². The Morgan fingerprint density at radius 1 is 1.17 bits per heavy atom. The van der Waals surface area contributed by atoms with Crippen molar-refractivity contribution in [3.63, 3.8) is 0 Å². The van der Waals surface area contributed by atoms with Crippen molar-refractivity contribution in [2.75, 3.05) is 0 Å². The number of amidine groups is 1. The SMILES string of the molecule is CCCn1c(Oc2ccc3cccc(Cl)c3n2)nc(=O)c2c1N=C(C1CCCC1)[N]2. The minimum Gasteiger partial charge on any atom is -0.406 e. The van der Waals surface area contributed by atoms with E-state index in [1.54, 1.807) is 12.1 Å². The van der Waals surface area contributed by atoms with E-state index in [2.05, 4.69) is 22.2 Å². The maximum Gasteiger partial charge on any atom is 0.308 e. The van der Waals surface area contributed by atoms with Crippen LogP contribution in [0.1, 0.15) is 39.0 Å². The first-order chi connectivity index (χ1) is 14.6. The smallest absolute Gasteiger partial charge is 0.308 e. The fourth-order valence-electron chi connectivity index (χ4n) is 4.09. The van der Waals surface area contributed by atoms with Crippen molar-refractivity contribution < 1.29 is 4.74 Å². The molecule has 1 radical (unpaired) electrons. The number of aromatic nitrogens is 3. The molecule has 1 aliphatic carbocycles. The van der Waals surface area contributed by atoms with Gasteiger partial charge in [-0.15, -0.1) is 0 Å². The van der Waals surface area contributed by atoms with Gasteiger partial charge in [-0.2, -0.15) is 4.98 Å². The van der Waals surface area contributed by atoms with E-state index in [1.165, 1.54) is 12.8 Å². The molecule has 2 aliphatic rings. The molecule has 2 aromatic heterocycles. The third kappa shape index (κ3) is 3.33. The molecule has 3 aromatic rings. The summed E-state index contributed by atoms with van der Waals surface area (Å²) in [4.78, 5) is 26.1. The van der Waals surface area contributed by atoms with Crippen LogP contribution in [0.2, 0.25) is 5.02 Å². The molecule has 1 aromatic carbocycles. The number of benzene rings is 1. The van der Waals surface area contributed by atoms with Crippen LogP contribution in [0.25, 0.3) is 10.9 Å². The molecule has 7 nitrogen and oxygen atoms in total. The molecule has 1 aliphatic heterocycles. The van der Waals surface area contributed by atoms with Crippen molar-refractivity contribution in [1.29, 1.82) is 0 Å². The Labute approximate surface area is 178 Å². The zero-order chi connectivity index (χ0) is 20.7. The lowest BCUT2D eigenvalue weighted by atomic mass is 10.1. The first-order valence-corrected chi connectivity index (χ1v) is 10.7. The molecule has 0 atom stereocenters.